The third-order valence-corrected chi connectivity index (χ3v) is 4.88. The van der Waals surface area contributed by atoms with Crippen LogP contribution in [0.5, 0.6) is 0 Å². The number of hydrogen-bond donors (Lipinski definition) is 1. The number of carbonyl (C=O) groups excluding carboxylic acids is 1. The van der Waals surface area contributed by atoms with Gasteiger partial charge in [-0.1, -0.05) is 0 Å². The van der Waals surface area contributed by atoms with Crippen molar-refractivity contribution in [2.75, 3.05) is 53.5 Å². The largest absolute Gasteiger partial charge is 0.383 e. The molecule has 0 spiro atoms. The molecule has 2 atom stereocenters. The Morgan fingerprint density at radius 1 is 1.24 bits per heavy atom. The molecule has 2 saturated heterocycles. The van der Waals surface area contributed by atoms with E-state index >= 15 is 0 Å². The van der Waals surface area contributed by atoms with Crippen LogP contribution in [0.2, 0.25) is 0 Å². The zero-order chi connectivity index (χ0) is 15.1. The summed E-state index contributed by atoms with van der Waals surface area (Å²) in [5, 5.41) is 3.14. The Kier molecular flexibility index (Phi) is 6.93. The predicted octanol–water partition coefficient (Wildman–Crippen LogP) is 0.945. The number of ether oxygens (including phenoxy) is 1. The second-order valence-corrected chi connectivity index (χ2v) is 6.45. The highest BCUT2D eigenvalue weighted by Gasteiger charge is 2.33. The van der Waals surface area contributed by atoms with Gasteiger partial charge in [0.1, 0.15) is 0 Å². The van der Waals surface area contributed by atoms with E-state index < -0.39 is 0 Å². The van der Waals surface area contributed by atoms with Gasteiger partial charge in [-0.25, -0.2) is 0 Å². The molecule has 2 rings (SSSR count). The van der Waals surface area contributed by atoms with Crippen molar-refractivity contribution in [2.45, 2.75) is 38.1 Å². The summed E-state index contributed by atoms with van der Waals surface area (Å²) in [5.74, 6) is 0.292. The predicted molar refractivity (Wildman–Crippen MR) is 84.3 cm³/mol. The molecular formula is C16H31N3O2. The van der Waals surface area contributed by atoms with Crippen molar-refractivity contribution >= 4 is 5.91 Å². The second-order valence-electron chi connectivity index (χ2n) is 6.45. The first-order valence-electron chi connectivity index (χ1n) is 8.41. The molecule has 0 aliphatic carbocycles. The van der Waals surface area contributed by atoms with Crippen LogP contribution in [0.25, 0.3) is 0 Å². The summed E-state index contributed by atoms with van der Waals surface area (Å²) in [6.45, 7) is 6.09. The van der Waals surface area contributed by atoms with E-state index in [1.807, 2.05) is 0 Å². The van der Waals surface area contributed by atoms with Gasteiger partial charge in [-0.05, 0) is 65.3 Å². The van der Waals surface area contributed by atoms with Gasteiger partial charge in [0, 0.05) is 19.7 Å². The average molecular weight is 297 g/mol. The molecule has 122 valence electrons. The number of methoxy groups -OCH3 is 1. The number of hydrogen-bond acceptors (Lipinski definition) is 4. The van der Waals surface area contributed by atoms with Crippen LogP contribution in [0, 0.1) is 5.92 Å². The van der Waals surface area contributed by atoms with Crippen molar-refractivity contribution in [1.82, 2.24) is 15.1 Å². The second kappa shape index (κ2) is 8.71. The number of nitrogens with zero attached hydrogens (tertiary/aromatic N) is 2. The monoisotopic (exact) mass is 297 g/mol. The van der Waals surface area contributed by atoms with Gasteiger partial charge in [0.05, 0.1) is 12.5 Å². The molecule has 5 nitrogen and oxygen atoms in total. The van der Waals surface area contributed by atoms with Gasteiger partial charge in [0.25, 0.3) is 0 Å². The SMILES string of the molecule is COC[C@@H]1[C@H](C(=O)NCCCN2CCCC2)CCCN1C. The van der Waals surface area contributed by atoms with Gasteiger partial charge in [-0.15, -0.1) is 0 Å². The summed E-state index contributed by atoms with van der Waals surface area (Å²) >= 11 is 0. The first kappa shape index (κ1) is 16.7. The number of likely N-dealkylation sites (tertiary alicyclic amines) is 2. The maximum absolute atomic E-state index is 12.4. The summed E-state index contributed by atoms with van der Waals surface area (Å²) in [6.07, 6.45) is 5.81. The number of nitrogens with one attached hydrogen (secondary N) is 1. The van der Waals surface area contributed by atoms with Crippen molar-refractivity contribution in [1.29, 1.82) is 0 Å². The fourth-order valence-corrected chi connectivity index (χ4v) is 3.60. The van der Waals surface area contributed by atoms with Gasteiger partial charge < -0.3 is 19.9 Å². The Balaban J connectivity index is 1.70. The number of piperidine rings is 1. The summed E-state index contributed by atoms with van der Waals surface area (Å²) in [6, 6.07) is 0.224. The van der Waals surface area contributed by atoms with E-state index in [-0.39, 0.29) is 17.9 Å². The smallest absolute Gasteiger partial charge is 0.224 e. The third kappa shape index (κ3) is 4.94. The minimum atomic E-state index is 0.0792. The summed E-state index contributed by atoms with van der Waals surface area (Å²) in [4.78, 5) is 17.2. The molecule has 0 unspecified atom stereocenters. The van der Waals surface area contributed by atoms with Crippen molar-refractivity contribution in [3.63, 3.8) is 0 Å². The van der Waals surface area contributed by atoms with E-state index in [2.05, 4.69) is 22.2 Å². The van der Waals surface area contributed by atoms with E-state index in [1.54, 1.807) is 7.11 Å². The number of amides is 1. The van der Waals surface area contributed by atoms with Crippen LogP contribution in [-0.4, -0.2) is 75.2 Å². The van der Waals surface area contributed by atoms with Crippen LogP contribution in [0.15, 0.2) is 0 Å². The Morgan fingerprint density at radius 3 is 2.71 bits per heavy atom. The number of carbonyl (C=O) groups is 1. The highest BCUT2D eigenvalue weighted by molar-refractivity contribution is 5.79. The molecule has 2 fully saturated rings. The Labute approximate surface area is 129 Å². The van der Waals surface area contributed by atoms with Crippen molar-refractivity contribution in [3.05, 3.63) is 0 Å². The maximum atomic E-state index is 12.4. The normalized spacial score (nSPS) is 27.9. The molecule has 0 aromatic rings. The molecule has 0 saturated carbocycles. The minimum absolute atomic E-state index is 0.0792. The topological polar surface area (TPSA) is 44.8 Å². The third-order valence-electron chi connectivity index (χ3n) is 4.88. The first-order chi connectivity index (χ1) is 10.2. The lowest BCUT2D eigenvalue weighted by Crippen LogP contribution is -2.51. The standard InChI is InChI=1S/C16H31N3O2/c1-18-9-5-7-14(15(18)13-21-2)16(20)17-8-6-12-19-10-3-4-11-19/h14-15H,3-13H2,1-2H3,(H,17,20)/t14-,15-/m1/s1. The van der Waals surface area contributed by atoms with E-state index in [0.29, 0.717) is 6.61 Å². The fourth-order valence-electron chi connectivity index (χ4n) is 3.60. The highest BCUT2D eigenvalue weighted by atomic mass is 16.5. The highest BCUT2D eigenvalue weighted by Crippen LogP contribution is 2.23. The molecule has 21 heavy (non-hydrogen) atoms. The lowest BCUT2D eigenvalue weighted by Gasteiger charge is -2.37. The van der Waals surface area contributed by atoms with Crippen LogP contribution in [-0.2, 0) is 9.53 Å². The lowest BCUT2D eigenvalue weighted by molar-refractivity contribution is -0.129. The summed E-state index contributed by atoms with van der Waals surface area (Å²) in [5.41, 5.74) is 0. The Bertz CT molecular complexity index is 319. The quantitative estimate of drug-likeness (QED) is 0.711. The molecule has 5 heteroatoms. The summed E-state index contributed by atoms with van der Waals surface area (Å²) < 4.78 is 5.30. The molecular weight excluding hydrogens is 266 g/mol. The van der Waals surface area contributed by atoms with Gasteiger partial charge in [0.15, 0.2) is 0 Å². The molecule has 0 bridgehead atoms. The lowest BCUT2D eigenvalue weighted by atomic mass is 9.89. The molecule has 0 radical (unpaired) electrons. The van der Waals surface area contributed by atoms with Crippen LogP contribution in [0.1, 0.15) is 32.1 Å². The summed E-state index contributed by atoms with van der Waals surface area (Å²) in [7, 11) is 3.81. The van der Waals surface area contributed by atoms with E-state index in [0.717, 1.165) is 38.9 Å². The molecule has 2 heterocycles. The van der Waals surface area contributed by atoms with E-state index in [9.17, 15) is 4.79 Å². The molecule has 0 aromatic carbocycles. The van der Waals surface area contributed by atoms with Crippen molar-refractivity contribution < 1.29 is 9.53 Å². The Morgan fingerprint density at radius 2 is 2.00 bits per heavy atom. The van der Waals surface area contributed by atoms with E-state index in [1.165, 1.54) is 25.9 Å². The maximum Gasteiger partial charge on any atom is 0.224 e. The van der Waals surface area contributed by atoms with Gasteiger partial charge in [0.2, 0.25) is 5.91 Å². The molecule has 1 amide bonds. The van der Waals surface area contributed by atoms with Crippen molar-refractivity contribution in [3.8, 4) is 0 Å². The first-order valence-corrected chi connectivity index (χ1v) is 8.41. The Hall–Kier alpha value is -0.650. The molecule has 1 N–H and O–H groups in total. The van der Waals surface area contributed by atoms with Gasteiger partial charge >= 0.3 is 0 Å². The molecule has 0 aromatic heterocycles. The fraction of sp³-hybridized carbons (Fsp3) is 0.938. The van der Waals surface area contributed by atoms with Gasteiger partial charge in [-0.2, -0.15) is 0 Å². The van der Waals surface area contributed by atoms with Crippen LogP contribution < -0.4 is 5.32 Å². The average Bonchev–Trinajstić information content (AvgIpc) is 2.99. The van der Waals surface area contributed by atoms with Gasteiger partial charge in [-0.3, -0.25) is 4.79 Å². The van der Waals surface area contributed by atoms with Crippen molar-refractivity contribution in [2.24, 2.45) is 5.92 Å². The van der Waals surface area contributed by atoms with Crippen LogP contribution in [0.3, 0.4) is 0 Å². The van der Waals surface area contributed by atoms with Crippen LogP contribution in [0.4, 0.5) is 0 Å². The number of likely N-dealkylation sites (N-methyl/N-ethyl adjacent to an activating group) is 1. The zero-order valence-corrected chi connectivity index (χ0v) is 13.6. The molecule has 2 aliphatic heterocycles. The van der Waals surface area contributed by atoms with Crippen LogP contribution >= 0.6 is 0 Å². The minimum Gasteiger partial charge on any atom is -0.383 e. The number of rotatable bonds is 7. The zero-order valence-electron chi connectivity index (χ0n) is 13.6. The molecule has 2 aliphatic rings. The van der Waals surface area contributed by atoms with E-state index in [4.69, 9.17) is 4.74 Å².